The van der Waals surface area contributed by atoms with E-state index >= 15 is 0 Å². The molecule has 0 aliphatic heterocycles. The van der Waals surface area contributed by atoms with E-state index in [0.29, 0.717) is 24.9 Å². The number of aromatic amines is 1. The van der Waals surface area contributed by atoms with Crippen LogP contribution < -0.4 is 33.2 Å². The first-order valence-corrected chi connectivity index (χ1v) is 14.2. The number of phenols is 1. The molecule has 0 radical (unpaired) electrons. The molecule has 3 rings (SSSR count). The molecule has 0 aliphatic carbocycles. The minimum Gasteiger partial charge on any atom is -0.508 e. The fourth-order valence-corrected chi connectivity index (χ4v) is 4.69. The van der Waals surface area contributed by atoms with Crippen LogP contribution in [0.5, 0.6) is 5.75 Å². The lowest BCUT2D eigenvalue weighted by molar-refractivity contribution is -0.143. The molecule has 236 valence electrons. The van der Waals surface area contributed by atoms with Gasteiger partial charge in [-0.3, -0.25) is 19.2 Å². The van der Waals surface area contributed by atoms with Gasteiger partial charge < -0.3 is 48.3 Å². The summed E-state index contributed by atoms with van der Waals surface area (Å²) in [5.41, 5.74) is 19.3. The molecular weight excluding hydrogens is 570 g/mol. The highest BCUT2D eigenvalue weighted by atomic mass is 16.4. The number of para-hydroxylation sites is 1. The van der Waals surface area contributed by atoms with Gasteiger partial charge in [0.2, 0.25) is 23.6 Å². The zero-order valence-electron chi connectivity index (χ0n) is 24.1. The van der Waals surface area contributed by atoms with Crippen molar-refractivity contribution in [1.82, 2.24) is 20.9 Å². The number of carbonyl (C=O) groups is 5. The number of carbonyl (C=O) groups excluding carboxylic acids is 4. The molecule has 2 aromatic carbocycles. The highest BCUT2D eigenvalue weighted by molar-refractivity contribution is 5.95. The molecule has 14 nitrogen and oxygen atoms in total. The van der Waals surface area contributed by atoms with Crippen LogP contribution in [0.2, 0.25) is 0 Å². The number of primary amides is 1. The Morgan fingerprint density at radius 3 is 2.11 bits per heavy atom. The van der Waals surface area contributed by atoms with E-state index < -0.39 is 60.2 Å². The van der Waals surface area contributed by atoms with Crippen molar-refractivity contribution in [2.75, 3.05) is 6.54 Å². The molecule has 0 bridgehead atoms. The maximum Gasteiger partial charge on any atom is 0.326 e. The topological polar surface area (TPSA) is 256 Å². The first-order valence-electron chi connectivity index (χ1n) is 14.2. The SMILES string of the molecule is NCCCCC(NC(=O)C(Cc1ccc(O)cc1)NC(=O)C(N)Cc1c[nH]c2ccccc12)C(=O)NC(CC(N)=O)C(=O)O. The second kappa shape index (κ2) is 16.0. The summed E-state index contributed by atoms with van der Waals surface area (Å²) in [6.07, 6.45) is 2.37. The zero-order chi connectivity index (χ0) is 32.2. The van der Waals surface area contributed by atoms with Gasteiger partial charge >= 0.3 is 5.97 Å². The lowest BCUT2D eigenvalue weighted by Crippen LogP contribution is -2.58. The van der Waals surface area contributed by atoms with Gasteiger partial charge in [-0.15, -0.1) is 0 Å². The molecule has 0 saturated carbocycles. The van der Waals surface area contributed by atoms with Gasteiger partial charge in [-0.1, -0.05) is 30.3 Å². The molecule has 1 aromatic heterocycles. The average Bonchev–Trinajstić information content (AvgIpc) is 3.39. The van der Waals surface area contributed by atoms with E-state index in [0.717, 1.165) is 16.5 Å². The standard InChI is InChI=1S/C30H39N7O7/c31-12-4-3-7-23(28(41)37-25(30(43)44)15-26(33)39)35-29(42)24(13-17-8-10-19(38)11-9-17)36-27(40)21(32)14-18-16-34-22-6-2-1-5-20(18)22/h1-2,5-6,8-11,16,21,23-25,34,38H,3-4,7,12-15,31-32H2,(H2,33,39)(H,35,42)(H,36,40)(H,37,41)(H,43,44). The Morgan fingerprint density at radius 1 is 0.818 bits per heavy atom. The summed E-state index contributed by atoms with van der Waals surface area (Å²) in [6.45, 7) is 0.329. The monoisotopic (exact) mass is 609 g/mol. The molecule has 4 unspecified atom stereocenters. The summed E-state index contributed by atoms with van der Waals surface area (Å²) in [6, 6.07) is 8.58. The second-order valence-electron chi connectivity index (χ2n) is 10.5. The number of aromatic nitrogens is 1. The number of hydrogen-bond donors (Lipinski definition) is 9. The fourth-order valence-electron chi connectivity index (χ4n) is 4.69. The molecule has 4 atom stereocenters. The Kier molecular flexibility index (Phi) is 12.2. The molecule has 44 heavy (non-hydrogen) atoms. The van der Waals surface area contributed by atoms with Crippen molar-refractivity contribution in [1.29, 1.82) is 0 Å². The number of hydrogen-bond acceptors (Lipinski definition) is 8. The summed E-state index contributed by atoms with van der Waals surface area (Å²) < 4.78 is 0. The van der Waals surface area contributed by atoms with Gasteiger partial charge in [-0.05, 0) is 61.6 Å². The van der Waals surface area contributed by atoms with Gasteiger partial charge in [0.1, 0.15) is 23.9 Å². The number of aliphatic carboxylic acids is 1. The van der Waals surface area contributed by atoms with Crippen LogP contribution in [0.1, 0.15) is 36.8 Å². The Balaban J connectivity index is 1.79. The normalized spacial score (nSPS) is 13.8. The number of nitrogens with two attached hydrogens (primary N) is 3. The Hall–Kier alpha value is -4.95. The molecule has 1 heterocycles. The summed E-state index contributed by atoms with van der Waals surface area (Å²) in [5, 5.41) is 27.5. The van der Waals surface area contributed by atoms with Gasteiger partial charge in [0.15, 0.2) is 0 Å². The van der Waals surface area contributed by atoms with Crippen molar-refractivity contribution in [3.8, 4) is 5.75 Å². The smallest absolute Gasteiger partial charge is 0.326 e. The van der Waals surface area contributed by atoms with Crippen LogP contribution in [0.4, 0.5) is 0 Å². The predicted octanol–water partition coefficient (Wildman–Crippen LogP) is -0.471. The number of benzene rings is 2. The maximum absolute atomic E-state index is 13.6. The molecular formula is C30H39N7O7. The molecule has 14 heteroatoms. The molecule has 3 aromatic rings. The van der Waals surface area contributed by atoms with E-state index in [4.69, 9.17) is 17.2 Å². The summed E-state index contributed by atoms with van der Waals surface area (Å²) in [7, 11) is 0. The highest BCUT2D eigenvalue weighted by Gasteiger charge is 2.31. The van der Waals surface area contributed by atoms with Crippen molar-refractivity contribution < 1.29 is 34.2 Å². The fraction of sp³-hybridized carbons (Fsp3) is 0.367. The molecule has 4 amide bonds. The first kappa shape index (κ1) is 33.6. The number of nitrogens with one attached hydrogen (secondary N) is 4. The van der Waals surface area contributed by atoms with E-state index in [-0.39, 0.29) is 25.0 Å². The van der Waals surface area contributed by atoms with Crippen molar-refractivity contribution in [2.45, 2.75) is 62.7 Å². The number of amides is 4. The third kappa shape index (κ3) is 9.81. The van der Waals surface area contributed by atoms with Gasteiger partial charge in [-0.25, -0.2) is 4.79 Å². The Bertz CT molecular complexity index is 1460. The predicted molar refractivity (Wildman–Crippen MR) is 162 cm³/mol. The number of aromatic hydroxyl groups is 1. The minimum absolute atomic E-state index is 0.00573. The zero-order valence-corrected chi connectivity index (χ0v) is 24.1. The van der Waals surface area contributed by atoms with Crippen molar-refractivity contribution in [3.05, 3.63) is 65.9 Å². The van der Waals surface area contributed by atoms with Crippen LogP contribution in [-0.2, 0) is 36.8 Å². The molecule has 0 aliphatic rings. The second-order valence-corrected chi connectivity index (χ2v) is 10.5. The van der Waals surface area contributed by atoms with E-state index in [2.05, 4.69) is 20.9 Å². The van der Waals surface area contributed by atoms with Crippen LogP contribution in [0.25, 0.3) is 10.9 Å². The Morgan fingerprint density at radius 2 is 1.45 bits per heavy atom. The number of rotatable bonds is 17. The minimum atomic E-state index is -1.59. The molecule has 0 spiro atoms. The van der Waals surface area contributed by atoms with E-state index in [9.17, 15) is 34.2 Å². The van der Waals surface area contributed by atoms with Crippen molar-refractivity contribution in [2.24, 2.45) is 17.2 Å². The molecule has 0 saturated heterocycles. The summed E-state index contributed by atoms with van der Waals surface area (Å²) >= 11 is 0. The van der Waals surface area contributed by atoms with Crippen LogP contribution in [0.3, 0.4) is 0 Å². The summed E-state index contributed by atoms with van der Waals surface area (Å²) in [5.74, 6) is -4.55. The highest BCUT2D eigenvalue weighted by Crippen LogP contribution is 2.19. The summed E-state index contributed by atoms with van der Waals surface area (Å²) in [4.78, 5) is 66.0. The van der Waals surface area contributed by atoms with E-state index in [1.807, 2.05) is 24.3 Å². The number of unbranched alkanes of at least 4 members (excludes halogenated alkanes) is 1. The van der Waals surface area contributed by atoms with Crippen LogP contribution in [0, 0.1) is 0 Å². The Labute approximate surface area is 253 Å². The van der Waals surface area contributed by atoms with E-state index in [1.165, 1.54) is 12.1 Å². The number of fused-ring (bicyclic) bond motifs is 1. The van der Waals surface area contributed by atoms with Crippen molar-refractivity contribution >= 4 is 40.5 Å². The quantitative estimate of drug-likeness (QED) is 0.0895. The average molecular weight is 610 g/mol. The van der Waals surface area contributed by atoms with Crippen LogP contribution in [-0.4, -0.2) is 75.5 Å². The van der Waals surface area contributed by atoms with Gasteiger partial charge in [0, 0.05) is 23.5 Å². The third-order valence-electron chi connectivity index (χ3n) is 7.06. The largest absolute Gasteiger partial charge is 0.508 e. The van der Waals surface area contributed by atoms with Crippen LogP contribution in [0.15, 0.2) is 54.7 Å². The number of carboxylic acid groups (broad SMARTS) is 1. The maximum atomic E-state index is 13.6. The van der Waals surface area contributed by atoms with Gasteiger partial charge in [0.05, 0.1) is 12.5 Å². The molecule has 0 fully saturated rings. The van der Waals surface area contributed by atoms with Crippen molar-refractivity contribution in [3.63, 3.8) is 0 Å². The number of H-pyrrole nitrogens is 1. The lowest BCUT2D eigenvalue weighted by atomic mass is 10.0. The van der Waals surface area contributed by atoms with Gasteiger partial charge in [0.25, 0.3) is 0 Å². The first-order chi connectivity index (χ1) is 21.0. The van der Waals surface area contributed by atoms with Crippen LogP contribution >= 0.6 is 0 Å². The lowest BCUT2D eigenvalue weighted by Gasteiger charge is -2.25. The number of phenolic OH excluding ortho intramolecular Hbond substituents is 1. The third-order valence-corrected chi connectivity index (χ3v) is 7.06. The molecule has 12 N–H and O–H groups in total. The number of carboxylic acids is 1. The van der Waals surface area contributed by atoms with E-state index in [1.54, 1.807) is 18.3 Å². The van der Waals surface area contributed by atoms with Gasteiger partial charge in [-0.2, -0.15) is 0 Å².